The minimum absolute atomic E-state index is 0.000334. The molecular formula is C29H34ClN7O7. The molecule has 0 aliphatic rings. The molecule has 0 radical (unpaired) electrons. The maximum Gasteiger partial charge on any atom is 0.510 e. The molecular weight excluding hydrogens is 594 g/mol. The number of hydrogen-bond acceptors (Lipinski definition) is 11. The third kappa shape index (κ3) is 8.97. The third-order valence-electron chi connectivity index (χ3n) is 6.74. The smallest absolute Gasteiger partial charge is 0.434 e. The zero-order valence-electron chi connectivity index (χ0n) is 24.3. The predicted molar refractivity (Wildman–Crippen MR) is 159 cm³/mol. The number of nitrogens with zero attached hydrogens (tertiary/aromatic N) is 7. The van der Waals surface area contributed by atoms with Crippen LogP contribution in [0.25, 0.3) is 22.5 Å². The van der Waals surface area contributed by atoms with Crippen LogP contribution in [0, 0.1) is 10.1 Å². The van der Waals surface area contributed by atoms with Crippen molar-refractivity contribution in [3.63, 3.8) is 0 Å². The first-order valence-electron chi connectivity index (χ1n) is 14.3. The van der Waals surface area contributed by atoms with E-state index in [9.17, 15) is 20.0 Å². The highest BCUT2D eigenvalue weighted by atomic mass is 35.5. The van der Waals surface area contributed by atoms with Crippen LogP contribution in [0.3, 0.4) is 0 Å². The first-order valence-corrected chi connectivity index (χ1v) is 14.6. The maximum absolute atomic E-state index is 11.9. The van der Waals surface area contributed by atoms with Crippen molar-refractivity contribution in [3.05, 3.63) is 80.9 Å². The summed E-state index contributed by atoms with van der Waals surface area (Å²) >= 11 is 6.30. The monoisotopic (exact) mass is 627 g/mol. The van der Waals surface area contributed by atoms with E-state index in [2.05, 4.69) is 32.2 Å². The molecule has 2 heterocycles. The van der Waals surface area contributed by atoms with Crippen molar-refractivity contribution in [1.82, 2.24) is 29.8 Å². The average molecular weight is 628 g/mol. The quantitative estimate of drug-likeness (QED) is 0.0703. The second kappa shape index (κ2) is 16.3. The van der Waals surface area contributed by atoms with Gasteiger partial charge in [0.1, 0.15) is 5.82 Å². The number of halogens is 1. The van der Waals surface area contributed by atoms with Gasteiger partial charge in [0.05, 0.1) is 25.5 Å². The van der Waals surface area contributed by atoms with E-state index in [1.165, 1.54) is 0 Å². The molecule has 0 fully saturated rings. The van der Waals surface area contributed by atoms with E-state index in [1.807, 2.05) is 53.1 Å². The van der Waals surface area contributed by atoms with Gasteiger partial charge in [0.25, 0.3) is 5.09 Å². The van der Waals surface area contributed by atoms with Crippen LogP contribution in [-0.4, -0.2) is 59.3 Å². The van der Waals surface area contributed by atoms with Gasteiger partial charge in [-0.3, -0.25) is 0 Å². The van der Waals surface area contributed by atoms with E-state index in [4.69, 9.17) is 21.1 Å². The van der Waals surface area contributed by atoms with E-state index in [-0.39, 0.29) is 26.6 Å². The molecule has 0 aliphatic carbocycles. The largest absolute Gasteiger partial charge is 0.510 e. The highest BCUT2D eigenvalue weighted by Gasteiger charge is 2.17. The zero-order valence-corrected chi connectivity index (χ0v) is 25.1. The van der Waals surface area contributed by atoms with Crippen LogP contribution < -0.4 is 0 Å². The lowest BCUT2D eigenvalue weighted by atomic mass is 9.98. The zero-order chi connectivity index (χ0) is 31.3. The Morgan fingerprint density at radius 2 is 1.77 bits per heavy atom. The molecule has 2 aromatic heterocycles. The van der Waals surface area contributed by atoms with Crippen molar-refractivity contribution in [1.29, 1.82) is 0 Å². The highest BCUT2D eigenvalue weighted by Crippen LogP contribution is 2.30. The molecule has 4 aromatic rings. The molecule has 0 aliphatic heterocycles. The van der Waals surface area contributed by atoms with Crippen LogP contribution in [0.4, 0.5) is 4.79 Å². The van der Waals surface area contributed by atoms with Gasteiger partial charge in [0.2, 0.25) is 12.6 Å². The van der Waals surface area contributed by atoms with Gasteiger partial charge in [-0.05, 0) is 47.6 Å². The van der Waals surface area contributed by atoms with Crippen molar-refractivity contribution in [2.45, 2.75) is 65.3 Å². The van der Waals surface area contributed by atoms with Crippen LogP contribution >= 0.6 is 11.6 Å². The summed E-state index contributed by atoms with van der Waals surface area (Å²) in [7, 11) is 0. The van der Waals surface area contributed by atoms with Gasteiger partial charge in [0, 0.05) is 18.5 Å². The second-order valence-electron chi connectivity index (χ2n) is 9.83. The number of aromatic nitrogens is 6. The Balaban J connectivity index is 1.35. The van der Waals surface area contributed by atoms with E-state index >= 15 is 0 Å². The summed E-state index contributed by atoms with van der Waals surface area (Å²) in [5.41, 5.74) is 4.23. The normalized spacial score (nSPS) is 11.0. The lowest BCUT2D eigenvalue weighted by Gasteiger charge is -2.12. The van der Waals surface area contributed by atoms with Crippen LogP contribution in [0.5, 0.6) is 0 Å². The number of aliphatic hydroxyl groups excluding tert-OH is 1. The molecule has 2 aromatic carbocycles. The molecule has 234 valence electrons. The van der Waals surface area contributed by atoms with Crippen molar-refractivity contribution in [3.8, 4) is 22.5 Å². The number of unbranched alkanes of at least 4 members (excludes halogenated alkanes) is 3. The molecule has 0 saturated heterocycles. The van der Waals surface area contributed by atoms with Crippen molar-refractivity contribution in [2.24, 2.45) is 0 Å². The van der Waals surface area contributed by atoms with Gasteiger partial charge in [-0.1, -0.05) is 73.5 Å². The molecule has 0 amide bonds. The number of aliphatic hydroxyl groups is 1. The Hall–Kier alpha value is -4.56. The molecule has 1 N–H and O–H groups in total. The van der Waals surface area contributed by atoms with Crippen LogP contribution in [0.2, 0.25) is 5.15 Å². The Morgan fingerprint density at radius 3 is 2.50 bits per heavy atom. The standard InChI is InChI=1S/C29H34ClN7O7/c1-2-3-11-26-31-27(30)25(19-38)35(26)18-21-12-14-22(15-13-21)23-9-5-6-10-24(23)28-32-34-36(33-28)20-43-29(39)42-16-7-4-8-17-44-37(40)41/h5-6,9-10,12-15,38H,2-4,7-8,11,16-20H2,1H3. The van der Waals surface area contributed by atoms with Gasteiger partial charge in [-0.2, -0.15) is 0 Å². The van der Waals surface area contributed by atoms with Crippen molar-refractivity contribution < 1.29 is 29.3 Å². The third-order valence-corrected chi connectivity index (χ3v) is 7.04. The number of hydrogen-bond donors (Lipinski definition) is 1. The minimum atomic E-state index is -0.882. The Kier molecular flexibility index (Phi) is 12.0. The summed E-state index contributed by atoms with van der Waals surface area (Å²) in [5, 5.41) is 32.0. The summed E-state index contributed by atoms with van der Waals surface area (Å²) in [6, 6.07) is 15.7. The first kappa shape index (κ1) is 32.4. The van der Waals surface area contributed by atoms with Gasteiger partial charge < -0.3 is 24.0 Å². The average Bonchev–Trinajstić information content (AvgIpc) is 3.62. The van der Waals surface area contributed by atoms with Crippen molar-refractivity contribution in [2.75, 3.05) is 13.2 Å². The molecule has 0 unspecified atom stereocenters. The topological polar surface area (TPSA) is 170 Å². The van der Waals surface area contributed by atoms with Gasteiger partial charge in [-0.25, -0.2) is 9.78 Å². The molecule has 14 nitrogen and oxygen atoms in total. The van der Waals surface area contributed by atoms with Gasteiger partial charge in [0.15, 0.2) is 5.15 Å². The van der Waals surface area contributed by atoms with Gasteiger partial charge >= 0.3 is 6.16 Å². The predicted octanol–water partition coefficient (Wildman–Crippen LogP) is 5.23. The second-order valence-corrected chi connectivity index (χ2v) is 10.2. The fourth-order valence-corrected chi connectivity index (χ4v) is 4.76. The van der Waals surface area contributed by atoms with E-state index < -0.39 is 11.2 Å². The Labute approximate surface area is 258 Å². The van der Waals surface area contributed by atoms with E-state index in [0.29, 0.717) is 42.5 Å². The minimum Gasteiger partial charge on any atom is -0.434 e. The summed E-state index contributed by atoms with van der Waals surface area (Å²) in [6.45, 7) is 2.29. The molecule has 44 heavy (non-hydrogen) atoms. The number of ether oxygens (including phenoxy) is 2. The lowest BCUT2D eigenvalue weighted by molar-refractivity contribution is -0.757. The fraction of sp³-hybridized carbons (Fsp3) is 0.414. The molecule has 0 bridgehead atoms. The molecule has 0 saturated carbocycles. The van der Waals surface area contributed by atoms with E-state index in [0.717, 1.165) is 52.1 Å². The van der Waals surface area contributed by atoms with Gasteiger partial charge in [-0.15, -0.1) is 25.1 Å². The van der Waals surface area contributed by atoms with Crippen molar-refractivity contribution >= 4 is 17.8 Å². The number of tetrazole rings is 1. The number of aryl methyl sites for hydroxylation is 1. The summed E-state index contributed by atoms with van der Waals surface area (Å²) in [5.74, 6) is 1.22. The Bertz CT molecular complexity index is 1520. The summed E-state index contributed by atoms with van der Waals surface area (Å²) in [4.78, 5) is 31.8. The molecule has 0 spiro atoms. The highest BCUT2D eigenvalue weighted by molar-refractivity contribution is 6.30. The van der Waals surface area contributed by atoms with E-state index in [1.54, 1.807) is 0 Å². The van der Waals surface area contributed by atoms with Crippen LogP contribution in [0.15, 0.2) is 48.5 Å². The number of benzene rings is 2. The number of carbonyl (C=O) groups excluding carboxylic acids is 1. The fourth-order valence-electron chi connectivity index (χ4n) is 4.50. The maximum atomic E-state index is 11.9. The number of rotatable bonds is 17. The van der Waals surface area contributed by atoms with Crippen LogP contribution in [0.1, 0.15) is 56.1 Å². The Morgan fingerprint density at radius 1 is 1.02 bits per heavy atom. The molecule has 0 atom stereocenters. The molecule has 15 heteroatoms. The number of imidazole rings is 1. The SMILES string of the molecule is CCCCc1nc(Cl)c(CO)n1Cc1ccc(-c2ccccc2-c2nnn(COC(=O)OCCCCCO[N+](=O)[O-])n2)cc1. The lowest BCUT2D eigenvalue weighted by Crippen LogP contribution is -2.14. The summed E-state index contributed by atoms with van der Waals surface area (Å²) < 4.78 is 12.0. The van der Waals surface area contributed by atoms with Crippen LogP contribution in [-0.2, 0) is 40.6 Å². The first-order chi connectivity index (χ1) is 21.4. The number of carbonyl (C=O) groups is 1. The summed E-state index contributed by atoms with van der Waals surface area (Å²) in [6.07, 6.45) is 3.51. The molecule has 4 rings (SSSR count).